The molecule has 0 aromatic carbocycles. The van der Waals surface area contributed by atoms with Crippen LogP contribution >= 0.6 is 23.1 Å². The molecule has 0 radical (unpaired) electrons. The van der Waals surface area contributed by atoms with Crippen molar-refractivity contribution >= 4 is 44.9 Å². The number of hydrogen-bond acceptors (Lipinski definition) is 7. The lowest BCUT2D eigenvalue weighted by atomic mass is 10.1. The Bertz CT molecular complexity index is 1030. The Hall–Kier alpha value is -1.62. The van der Waals surface area contributed by atoms with E-state index in [1.54, 1.807) is 23.2 Å². The van der Waals surface area contributed by atoms with Gasteiger partial charge in [0.25, 0.3) is 0 Å². The average Bonchev–Trinajstić information content (AvgIpc) is 3.34. The number of thiophene rings is 1. The number of thioether (sulfide) groups is 1. The van der Waals surface area contributed by atoms with E-state index in [4.69, 9.17) is 4.74 Å². The molecule has 0 aliphatic carbocycles. The maximum absolute atomic E-state index is 12.9. The highest BCUT2D eigenvalue weighted by Gasteiger charge is 2.32. The third-order valence-corrected chi connectivity index (χ3v) is 8.97. The van der Waals surface area contributed by atoms with Crippen LogP contribution in [0, 0.1) is 13.8 Å². The number of sulfonamides is 1. The molecule has 1 fully saturated rings. The molecule has 2 aromatic rings. The number of carbonyl (C=O) groups excluding carboxylic acids is 2. The van der Waals surface area contributed by atoms with Gasteiger partial charge in [-0.2, -0.15) is 16.1 Å². The summed E-state index contributed by atoms with van der Waals surface area (Å²) in [7, 11) is -3.76. The van der Waals surface area contributed by atoms with E-state index in [0.717, 1.165) is 47.2 Å². The van der Waals surface area contributed by atoms with Crippen LogP contribution in [0.3, 0.4) is 0 Å². The quantitative estimate of drug-likeness (QED) is 0.434. The van der Waals surface area contributed by atoms with E-state index in [1.165, 1.54) is 10.4 Å². The van der Waals surface area contributed by atoms with Crippen molar-refractivity contribution < 1.29 is 22.7 Å². The van der Waals surface area contributed by atoms with Crippen LogP contribution in [0.2, 0.25) is 0 Å². The second-order valence-corrected chi connectivity index (χ2v) is 11.1. The maximum atomic E-state index is 12.9. The van der Waals surface area contributed by atoms with Gasteiger partial charge in [0, 0.05) is 48.1 Å². The fourth-order valence-electron chi connectivity index (χ4n) is 3.50. The van der Waals surface area contributed by atoms with E-state index >= 15 is 0 Å². The van der Waals surface area contributed by atoms with Crippen LogP contribution in [0.25, 0.3) is 0 Å². The zero-order chi connectivity index (χ0) is 21.9. The molecule has 0 N–H and O–H groups in total. The van der Waals surface area contributed by atoms with E-state index in [9.17, 15) is 18.0 Å². The number of rotatable bonds is 8. The number of Topliss-reactive ketones (excluding diaryl/α,β-unsaturated/α-hetero) is 1. The summed E-state index contributed by atoms with van der Waals surface area (Å²) >= 11 is 2.72. The molecule has 1 aliphatic rings. The van der Waals surface area contributed by atoms with Gasteiger partial charge in [0.15, 0.2) is 6.61 Å². The number of nitrogens with zero attached hydrogens (tertiary/aromatic N) is 2. The van der Waals surface area contributed by atoms with Gasteiger partial charge in [-0.1, -0.05) is 6.92 Å². The normalized spacial score (nSPS) is 15.3. The molecule has 7 nitrogen and oxygen atoms in total. The number of esters is 1. The Kier molecular flexibility index (Phi) is 7.43. The molecule has 164 valence electrons. The monoisotopic (exact) mass is 470 g/mol. The standard InChI is InChI=1S/C20H26N2O5S3/c1-4-6-22-14(2)12-16(15(22)3)17(23)13-27-20(24)19-18(5-9-29-19)30(25,26)21-7-10-28-11-8-21/h5,9,12H,4,6-8,10-11,13H2,1-3H3. The second kappa shape index (κ2) is 9.67. The van der Waals surface area contributed by atoms with Crippen LogP contribution in [0.5, 0.6) is 0 Å². The van der Waals surface area contributed by atoms with E-state index in [0.29, 0.717) is 18.7 Å². The largest absolute Gasteiger partial charge is 0.453 e. The van der Waals surface area contributed by atoms with Gasteiger partial charge in [-0.25, -0.2) is 13.2 Å². The molecular weight excluding hydrogens is 444 g/mol. The van der Waals surface area contributed by atoms with Gasteiger partial charge in [-0.15, -0.1) is 11.3 Å². The molecule has 10 heteroatoms. The van der Waals surface area contributed by atoms with Gasteiger partial charge in [-0.3, -0.25) is 4.79 Å². The summed E-state index contributed by atoms with van der Waals surface area (Å²) in [6.45, 7) is 7.11. The first-order chi connectivity index (χ1) is 14.3. The Morgan fingerprint density at radius 1 is 1.20 bits per heavy atom. The van der Waals surface area contributed by atoms with Crippen molar-refractivity contribution in [2.24, 2.45) is 0 Å². The summed E-state index contributed by atoms with van der Waals surface area (Å²) in [5.41, 5.74) is 2.35. The molecule has 0 unspecified atom stereocenters. The summed E-state index contributed by atoms with van der Waals surface area (Å²) in [4.78, 5) is 25.2. The molecule has 3 rings (SSSR count). The number of ketones is 1. The first-order valence-corrected chi connectivity index (χ1v) is 13.3. The summed E-state index contributed by atoms with van der Waals surface area (Å²) in [6.07, 6.45) is 0.949. The summed E-state index contributed by atoms with van der Waals surface area (Å²) in [5, 5.41) is 1.56. The van der Waals surface area contributed by atoms with Crippen LogP contribution in [-0.2, 0) is 21.3 Å². The number of hydrogen-bond donors (Lipinski definition) is 0. The highest BCUT2D eigenvalue weighted by atomic mass is 32.2. The topological polar surface area (TPSA) is 85.7 Å². The van der Waals surface area contributed by atoms with Crippen molar-refractivity contribution in [1.82, 2.24) is 8.87 Å². The van der Waals surface area contributed by atoms with Crippen molar-refractivity contribution in [2.45, 2.75) is 38.6 Å². The van der Waals surface area contributed by atoms with E-state index < -0.39 is 22.6 Å². The smallest absolute Gasteiger partial charge is 0.350 e. The van der Waals surface area contributed by atoms with Gasteiger partial charge in [0.05, 0.1) is 0 Å². The highest BCUT2D eigenvalue weighted by Crippen LogP contribution is 2.28. The first kappa shape index (κ1) is 23.1. The van der Waals surface area contributed by atoms with E-state index in [1.807, 2.05) is 13.8 Å². The third kappa shape index (κ3) is 4.66. The van der Waals surface area contributed by atoms with Crippen molar-refractivity contribution in [1.29, 1.82) is 0 Å². The van der Waals surface area contributed by atoms with Gasteiger partial charge < -0.3 is 9.30 Å². The Balaban J connectivity index is 1.72. The minimum atomic E-state index is -3.76. The fraction of sp³-hybridized carbons (Fsp3) is 0.500. The van der Waals surface area contributed by atoms with Crippen molar-refractivity contribution in [2.75, 3.05) is 31.2 Å². The lowest BCUT2D eigenvalue weighted by Gasteiger charge is -2.25. The predicted octanol–water partition coefficient (Wildman–Crippen LogP) is 3.35. The Morgan fingerprint density at radius 2 is 1.90 bits per heavy atom. The van der Waals surface area contributed by atoms with E-state index in [2.05, 4.69) is 11.5 Å². The predicted molar refractivity (Wildman–Crippen MR) is 119 cm³/mol. The average molecular weight is 471 g/mol. The van der Waals surface area contributed by atoms with Crippen LogP contribution in [-0.4, -0.2) is 60.2 Å². The van der Waals surface area contributed by atoms with Gasteiger partial charge >= 0.3 is 5.97 Å². The Morgan fingerprint density at radius 3 is 2.57 bits per heavy atom. The molecule has 2 aromatic heterocycles. The van der Waals surface area contributed by atoms with Crippen molar-refractivity contribution in [3.05, 3.63) is 39.3 Å². The lowest BCUT2D eigenvalue weighted by Crippen LogP contribution is -2.38. The number of aryl methyl sites for hydroxylation is 1. The summed E-state index contributed by atoms with van der Waals surface area (Å²) in [5.74, 6) is 0.376. The maximum Gasteiger partial charge on any atom is 0.350 e. The molecule has 1 saturated heterocycles. The van der Waals surface area contributed by atoms with Gasteiger partial charge in [-0.05, 0) is 37.8 Å². The molecular formula is C20H26N2O5S3. The molecule has 0 atom stereocenters. The molecule has 0 bridgehead atoms. The number of ether oxygens (including phenoxy) is 1. The fourth-order valence-corrected chi connectivity index (χ4v) is 7.36. The van der Waals surface area contributed by atoms with Crippen molar-refractivity contribution in [3.8, 4) is 0 Å². The minimum absolute atomic E-state index is 0.0116. The molecule has 0 amide bonds. The number of aromatic nitrogens is 1. The SMILES string of the molecule is CCCn1c(C)cc(C(=O)COC(=O)c2sccc2S(=O)(=O)N2CCSCC2)c1C. The first-order valence-electron chi connectivity index (χ1n) is 9.79. The molecule has 0 saturated carbocycles. The molecule has 1 aliphatic heterocycles. The third-order valence-electron chi connectivity index (χ3n) is 5.06. The Labute approximate surface area is 185 Å². The minimum Gasteiger partial charge on any atom is -0.453 e. The van der Waals surface area contributed by atoms with Crippen LogP contribution in [0.1, 0.15) is 44.8 Å². The molecule has 30 heavy (non-hydrogen) atoms. The van der Waals surface area contributed by atoms with Gasteiger partial charge in [0.1, 0.15) is 9.77 Å². The van der Waals surface area contributed by atoms with Crippen LogP contribution in [0.15, 0.2) is 22.4 Å². The molecule has 3 heterocycles. The molecule has 0 spiro atoms. The summed E-state index contributed by atoms with van der Waals surface area (Å²) in [6, 6.07) is 3.23. The van der Waals surface area contributed by atoms with Crippen molar-refractivity contribution in [3.63, 3.8) is 0 Å². The second-order valence-electron chi connectivity index (χ2n) is 7.07. The summed E-state index contributed by atoms with van der Waals surface area (Å²) < 4.78 is 34.5. The zero-order valence-corrected chi connectivity index (χ0v) is 19.8. The van der Waals surface area contributed by atoms with Crippen LogP contribution < -0.4 is 0 Å². The van der Waals surface area contributed by atoms with E-state index in [-0.39, 0.29) is 15.6 Å². The lowest BCUT2D eigenvalue weighted by molar-refractivity contribution is 0.0476. The van der Waals surface area contributed by atoms with Crippen LogP contribution in [0.4, 0.5) is 0 Å². The number of carbonyl (C=O) groups is 2. The van der Waals surface area contributed by atoms with Gasteiger partial charge in [0.2, 0.25) is 15.8 Å². The highest BCUT2D eigenvalue weighted by molar-refractivity contribution is 7.99. The zero-order valence-electron chi connectivity index (χ0n) is 17.3.